The fourth-order valence-corrected chi connectivity index (χ4v) is 3.77. The van der Waals surface area contributed by atoms with Crippen molar-refractivity contribution < 1.29 is 18.0 Å². The van der Waals surface area contributed by atoms with Crippen LogP contribution < -0.4 is 10.2 Å². The molecular formula is C20H22F3N7O. The Bertz CT molecular complexity index is 1090. The second-order valence-electron chi connectivity index (χ2n) is 7.43. The van der Waals surface area contributed by atoms with E-state index < -0.39 is 23.7 Å². The molecule has 1 saturated heterocycles. The summed E-state index contributed by atoms with van der Waals surface area (Å²) in [5.74, 6) is 0.316. The van der Waals surface area contributed by atoms with E-state index in [0.717, 1.165) is 22.9 Å². The summed E-state index contributed by atoms with van der Waals surface area (Å²) in [6, 6.07) is 4.41. The number of piperazine rings is 1. The average Bonchev–Trinajstić information content (AvgIpc) is 3.14. The van der Waals surface area contributed by atoms with Crippen molar-refractivity contribution in [2.45, 2.75) is 19.1 Å². The minimum Gasteiger partial charge on any atom is -0.353 e. The number of halogens is 3. The summed E-state index contributed by atoms with van der Waals surface area (Å²) in [5, 5.41) is 7.52. The first-order valence-electron chi connectivity index (χ1n) is 9.84. The second kappa shape index (κ2) is 8.14. The van der Waals surface area contributed by atoms with E-state index in [2.05, 4.69) is 25.3 Å². The van der Waals surface area contributed by atoms with Crippen LogP contribution in [-0.2, 0) is 18.0 Å². The standard InChI is InChI=1S/C20H22F3N7O/c1-13(19(31)27-16-6-4-3-5-15(16)20(21,22)23)29-7-9-30(10-8-29)18-14-11-26-28(2)17(14)24-12-25-18/h3-6,11-13H,7-10H2,1-2H3,(H,27,31)/t13-/m0/s1. The first-order valence-corrected chi connectivity index (χ1v) is 9.84. The van der Waals surface area contributed by atoms with E-state index in [1.807, 2.05) is 11.9 Å². The highest BCUT2D eigenvalue weighted by Crippen LogP contribution is 2.34. The van der Waals surface area contributed by atoms with Gasteiger partial charge in [-0.05, 0) is 19.1 Å². The Labute approximate surface area is 176 Å². The maximum atomic E-state index is 13.2. The van der Waals surface area contributed by atoms with Crippen LogP contribution in [0.15, 0.2) is 36.8 Å². The fourth-order valence-electron chi connectivity index (χ4n) is 3.77. The van der Waals surface area contributed by atoms with E-state index in [-0.39, 0.29) is 5.69 Å². The molecule has 1 aliphatic rings. The Kier molecular flexibility index (Phi) is 5.52. The Balaban J connectivity index is 1.42. The third-order valence-corrected chi connectivity index (χ3v) is 5.54. The van der Waals surface area contributed by atoms with Gasteiger partial charge in [0.2, 0.25) is 5.91 Å². The molecule has 8 nitrogen and oxygen atoms in total. The van der Waals surface area contributed by atoms with Gasteiger partial charge < -0.3 is 10.2 Å². The number of anilines is 2. The van der Waals surface area contributed by atoms with Gasteiger partial charge in [-0.3, -0.25) is 14.4 Å². The molecule has 0 bridgehead atoms. The summed E-state index contributed by atoms with van der Waals surface area (Å²) in [4.78, 5) is 25.3. The predicted molar refractivity (Wildman–Crippen MR) is 110 cm³/mol. The van der Waals surface area contributed by atoms with Crippen LogP contribution in [0.2, 0.25) is 0 Å². The zero-order valence-corrected chi connectivity index (χ0v) is 17.1. The van der Waals surface area contributed by atoms with Gasteiger partial charge in [-0.25, -0.2) is 9.97 Å². The number of nitrogens with zero attached hydrogens (tertiary/aromatic N) is 6. The van der Waals surface area contributed by atoms with Crippen molar-refractivity contribution >= 4 is 28.4 Å². The first kappa shape index (κ1) is 21.0. The van der Waals surface area contributed by atoms with Crippen LogP contribution >= 0.6 is 0 Å². The van der Waals surface area contributed by atoms with Crippen molar-refractivity contribution in [3.05, 3.63) is 42.4 Å². The molecule has 1 fully saturated rings. The molecule has 4 rings (SSSR count). The quantitative estimate of drug-likeness (QED) is 0.681. The zero-order chi connectivity index (χ0) is 22.2. The number of alkyl halides is 3. The molecule has 3 heterocycles. The zero-order valence-electron chi connectivity index (χ0n) is 17.1. The van der Waals surface area contributed by atoms with Crippen molar-refractivity contribution in [2.75, 3.05) is 36.4 Å². The molecule has 11 heteroatoms. The summed E-state index contributed by atoms with van der Waals surface area (Å²) >= 11 is 0. The van der Waals surface area contributed by atoms with Crippen LogP contribution in [0.5, 0.6) is 0 Å². The third kappa shape index (κ3) is 4.18. The molecule has 1 aromatic carbocycles. The number of aryl methyl sites for hydroxylation is 1. The van der Waals surface area contributed by atoms with Gasteiger partial charge in [0.1, 0.15) is 12.1 Å². The highest BCUT2D eigenvalue weighted by molar-refractivity contribution is 5.95. The smallest absolute Gasteiger partial charge is 0.353 e. The molecule has 0 unspecified atom stereocenters. The van der Waals surface area contributed by atoms with Crippen molar-refractivity contribution in [1.29, 1.82) is 0 Å². The molecule has 31 heavy (non-hydrogen) atoms. The molecule has 1 N–H and O–H groups in total. The topological polar surface area (TPSA) is 79.2 Å². The molecule has 0 aliphatic carbocycles. The largest absolute Gasteiger partial charge is 0.418 e. The van der Waals surface area contributed by atoms with E-state index in [1.165, 1.54) is 24.5 Å². The average molecular weight is 433 g/mol. The first-order chi connectivity index (χ1) is 14.8. The lowest BCUT2D eigenvalue weighted by Crippen LogP contribution is -2.53. The Morgan fingerprint density at radius 3 is 2.55 bits per heavy atom. The van der Waals surface area contributed by atoms with Crippen molar-refractivity contribution in [1.82, 2.24) is 24.6 Å². The van der Waals surface area contributed by atoms with E-state index in [1.54, 1.807) is 17.8 Å². The highest BCUT2D eigenvalue weighted by Gasteiger charge is 2.34. The maximum Gasteiger partial charge on any atom is 0.418 e. The number of rotatable bonds is 4. The van der Waals surface area contributed by atoms with Gasteiger partial charge >= 0.3 is 6.18 Å². The number of carbonyl (C=O) groups is 1. The van der Waals surface area contributed by atoms with Crippen LogP contribution in [0.1, 0.15) is 12.5 Å². The summed E-state index contributed by atoms with van der Waals surface area (Å²) in [6.07, 6.45) is -1.31. The fraction of sp³-hybridized carbons (Fsp3) is 0.400. The second-order valence-corrected chi connectivity index (χ2v) is 7.43. The lowest BCUT2D eigenvalue weighted by atomic mass is 10.1. The highest BCUT2D eigenvalue weighted by atomic mass is 19.4. The van der Waals surface area contributed by atoms with Crippen LogP contribution in [0.3, 0.4) is 0 Å². The Morgan fingerprint density at radius 1 is 1.13 bits per heavy atom. The molecular weight excluding hydrogens is 411 g/mol. The number of hydrogen-bond acceptors (Lipinski definition) is 6. The lowest BCUT2D eigenvalue weighted by Gasteiger charge is -2.38. The molecule has 164 valence electrons. The number of amides is 1. The van der Waals surface area contributed by atoms with Crippen molar-refractivity contribution in [3.8, 4) is 0 Å². The SMILES string of the molecule is C[C@@H](C(=O)Nc1ccccc1C(F)(F)F)N1CCN(c2ncnc3c2cnn3C)CC1. The van der Waals surface area contributed by atoms with Gasteiger partial charge in [-0.2, -0.15) is 18.3 Å². The number of hydrogen-bond donors (Lipinski definition) is 1. The molecule has 0 spiro atoms. The lowest BCUT2D eigenvalue weighted by molar-refractivity contribution is -0.137. The van der Waals surface area contributed by atoms with Crippen LogP contribution in [0.4, 0.5) is 24.7 Å². The number of carbonyl (C=O) groups excluding carboxylic acids is 1. The van der Waals surface area contributed by atoms with E-state index in [9.17, 15) is 18.0 Å². The molecule has 3 aromatic rings. The Morgan fingerprint density at radius 2 is 1.84 bits per heavy atom. The van der Waals surface area contributed by atoms with Gasteiger partial charge in [0, 0.05) is 33.2 Å². The van der Waals surface area contributed by atoms with Crippen molar-refractivity contribution in [2.24, 2.45) is 7.05 Å². The number of para-hydroxylation sites is 1. The van der Waals surface area contributed by atoms with Gasteiger partial charge in [0.05, 0.1) is 28.9 Å². The maximum absolute atomic E-state index is 13.2. The number of fused-ring (bicyclic) bond motifs is 1. The van der Waals surface area contributed by atoms with E-state index >= 15 is 0 Å². The summed E-state index contributed by atoms with van der Waals surface area (Å²) < 4.78 is 41.2. The van der Waals surface area contributed by atoms with E-state index in [0.29, 0.717) is 26.2 Å². The molecule has 1 amide bonds. The predicted octanol–water partition coefficient (Wildman–Crippen LogP) is 2.53. The monoisotopic (exact) mass is 433 g/mol. The van der Waals surface area contributed by atoms with Gasteiger partial charge in [-0.1, -0.05) is 12.1 Å². The minimum absolute atomic E-state index is 0.231. The molecule has 1 atom stereocenters. The Hall–Kier alpha value is -3.21. The minimum atomic E-state index is -4.53. The molecule has 0 saturated carbocycles. The number of nitrogens with one attached hydrogen (secondary N) is 1. The molecule has 2 aromatic heterocycles. The summed E-state index contributed by atoms with van der Waals surface area (Å²) in [6.45, 7) is 4.09. The third-order valence-electron chi connectivity index (χ3n) is 5.54. The van der Waals surface area contributed by atoms with E-state index in [4.69, 9.17) is 0 Å². The van der Waals surface area contributed by atoms with Gasteiger partial charge in [0.15, 0.2) is 5.65 Å². The van der Waals surface area contributed by atoms with Crippen LogP contribution in [0.25, 0.3) is 11.0 Å². The van der Waals surface area contributed by atoms with Gasteiger partial charge in [0.25, 0.3) is 0 Å². The normalized spacial score (nSPS) is 16.5. The molecule has 0 radical (unpaired) electrons. The number of aromatic nitrogens is 4. The summed E-state index contributed by atoms with van der Waals surface area (Å²) in [7, 11) is 1.81. The van der Waals surface area contributed by atoms with Crippen LogP contribution in [-0.4, -0.2) is 62.8 Å². The van der Waals surface area contributed by atoms with Crippen LogP contribution in [0, 0.1) is 0 Å². The van der Waals surface area contributed by atoms with Gasteiger partial charge in [-0.15, -0.1) is 0 Å². The molecule has 1 aliphatic heterocycles. The number of benzene rings is 1. The van der Waals surface area contributed by atoms with Crippen molar-refractivity contribution in [3.63, 3.8) is 0 Å². The summed E-state index contributed by atoms with van der Waals surface area (Å²) in [5.41, 5.74) is -0.349.